The smallest absolute Gasteiger partial charge is 0.200 e. The molecule has 1 rings (SSSR count). The molecule has 0 amide bonds. The molecule has 0 aromatic carbocycles. The van der Waals surface area contributed by atoms with Crippen LogP contribution in [0.15, 0.2) is 4.99 Å². The van der Waals surface area contributed by atoms with E-state index in [9.17, 15) is 0 Å². The maximum Gasteiger partial charge on any atom is 0.200 e. The van der Waals surface area contributed by atoms with Gasteiger partial charge in [-0.05, 0) is 25.6 Å². The van der Waals surface area contributed by atoms with Gasteiger partial charge in [0, 0.05) is 6.54 Å². The lowest BCUT2D eigenvalue weighted by Gasteiger charge is -2.34. The summed E-state index contributed by atoms with van der Waals surface area (Å²) in [5.41, 5.74) is 0. The lowest BCUT2D eigenvalue weighted by molar-refractivity contribution is 0.539. The zero-order valence-electron chi connectivity index (χ0n) is 14.1. The maximum absolute atomic E-state index is 5.13. The first-order valence-electron chi connectivity index (χ1n) is 8.67. The third-order valence-electron chi connectivity index (χ3n) is 3.73. The minimum absolute atomic E-state index is 0.529. The number of hydrogen-bond donors (Lipinski definition) is 4. The van der Waals surface area contributed by atoms with Crippen LogP contribution in [0.3, 0.4) is 0 Å². The molecule has 1 heterocycles. The molecule has 0 spiro atoms. The SMILES string of the molecule is CCCCCCCCCCCCN=C1NC(=S)NC(C)(S)N1. The van der Waals surface area contributed by atoms with Gasteiger partial charge in [-0.15, -0.1) is 12.6 Å². The molecule has 1 unspecified atom stereocenters. The second-order valence-corrected chi connectivity index (χ2v) is 7.49. The third-order valence-corrected chi connectivity index (χ3v) is 4.16. The fourth-order valence-corrected chi connectivity index (χ4v) is 3.12. The van der Waals surface area contributed by atoms with Crippen molar-refractivity contribution in [2.24, 2.45) is 4.99 Å². The molecule has 0 aromatic rings. The molecule has 0 radical (unpaired) electrons. The molecule has 22 heavy (non-hydrogen) atoms. The van der Waals surface area contributed by atoms with Crippen LogP contribution < -0.4 is 16.0 Å². The largest absolute Gasteiger partial charge is 0.332 e. The van der Waals surface area contributed by atoms with Crippen molar-refractivity contribution in [3.63, 3.8) is 0 Å². The standard InChI is InChI=1S/C16H32N4S2/c1-3-4-5-6-7-8-9-10-11-12-13-17-14-18-15(21)20-16(2,22)19-14/h22H,3-13H2,1-2H3,(H3,17,18,19,20,21). The molecule has 1 fully saturated rings. The molecule has 4 nitrogen and oxygen atoms in total. The van der Waals surface area contributed by atoms with Crippen molar-refractivity contribution in [1.82, 2.24) is 16.0 Å². The first-order valence-corrected chi connectivity index (χ1v) is 9.53. The van der Waals surface area contributed by atoms with Crippen molar-refractivity contribution < 1.29 is 0 Å². The minimum Gasteiger partial charge on any atom is -0.332 e. The Kier molecular flexibility index (Phi) is 9.87. The normalized spacial score (nSPS) is 23.0. The van der Waals surface area contributed by atoms with Gasteiger partial charge in [0.2, 0.25) is 0 Å². The number of thiocarbonyl (C=S) groups is 1. The number of thiol groups is 1. The van der Waals surface area contributed by atoms with Crippen molar-refractivity contribution in [1.29, 1.82) is 0 Å². The second-order valence-electron chi connectivity index (χ2n) is 6.19. The summed E-state index contributed by atoms with van der Waals surface area (Å²) < 4.78 is 0. The van der Waals surface area contributed by atoms with E-state index in [2.05, 4.69) is 40.5 Å². The number of nitrogens with one attached hydrogen (secondary N) is 3. The highest BCUT2D eigenvalue weighted by Crippen LogP contribution is 2.11. The van der Waals surface area contributed by atoms with Gasteiger partial charge in [-0.25, -0.2) is 0 Å². The van der Waals surface area contributed by atoms with Crippen LogP contribution in [-0.4, -0.2) is 22.6 Å². The van der Waals surface area contributed by atoms with Crippen LogP contribution in [-0.2, 0) is 0 Å². The summed E-state index contributed by atoms with van der Waals surface area (Å²) in [5.74, 6) is 0.720. The summed E-state index contributed by atoms with van der Waals surface area (Å²) in [7, 11) is 0. The molecule has 0 saturated carbocycles. The Labute approximate surface area is 146 Å². The first-order chi connectivity index (χ1) is 10.5. The predicted octanol–water partition coefficient (Wildman–Crippen LogP) is 3.93. The molecule has 1 saturated heterocycles. The highest BCUT2D eigenvalue weighted by atomic mass is 32.1. The molecule has 1 aliphatic rings. The number of unbranched alkanes of at least 4 members (excludes halogenated alkanes) is 9. The number of hydrogen-bond acceptors (Lipinski definition) is 3. The topological polar surface area (TPSA) is 48.5 Å². The second kappa shape index (κ2) is 11.1. The Morgan fingerprint density at radius 1 is 0.955 bits per heavy atom. The zero-order valence-corrected chi connectivity index (χ0v) is 15.8. The summed E-state index contributed by atoms with van der Waals surface area (Å²) in [5, 5.41) is 9.77. The summed E-state index contributed by atoms with van der Waals surface area (Å²) >= 11 is 9.57. The lowest BCUT2D eigenvalue weighted by Crippen LogP contribution is -2.66. The highest BCUT2D eigenvalue weighted by Gasteiger charge is 2.26. The van der Waals surface area contributed by atoms with Crippen molar-refractivity contribution in [2.45, 2.75) is 83.1 Å². The predicted molar refractivity (Wildman–Crippen MR) is 104 cm³/mol. The molecular formula is C16H32N4S2. The van der Waals surface area contributed by atoms with Crippen molar-refractivity contribution in [2.75, 3.05) is 6.54 Å². The molecule has 1 aliphatic heterocycles. The van der Waals surface area contributed by atoms with Crippen LogP contribution >= 0.6 is 24.8 Å². The quantitative estimate of drug-likeness (QED) is 0.260. The molecule has 0 aromatic heterocycles. The van der Waals surface area contributed by atoms with E-state index in [-0.39, 0.29) is 0 Å². The molecular weight excluding hydrogens is 312 g/mol. The van der Waals surface area contributed by atoms with E-state index in [0.717, 1.165) is 18.9 Å². The Balaban J connectivity index is 1.99. The third kappa shape index (κ3) is 9.51. The fourth-order valence-electron chi connectivity index (χ4n) is 2.52. The Morgan fingerprint density at radius 3 is 2.05 bits per heavy atom. The summed E-state index contributed by atoms with van der Waals surface area (Å²) in [4.78, 5) is 3.99. The van der Waals surface area contributed by atoms with Crippen molar-refractivity contribution in [3.8, 4) is 0 Å². The molecule has 0 bridgehead atoms. The van der Waals surface area contributed by atoms with Crippen LogP contribution in [0, 0.1) is 0 Å². The molecule has 6 heteroatoms. The molecule has 3 N–H and O–H groups in total. The Hall–Kier alpha value is -0.490. The van der Waals surface area contributed by atoms with Gasteiger partial charge in [0.05, 0.1) is 0 Å². The van der Waals surface area contributed by atoms with Crippen molar-refractivity contribution >= 4 is 35.9 Å². The lowest BCUT2D eigenvalue weighted by atomic mass is 10.1. The molecule has 0 aliphatic carbocycles. The van der Waals surface area contributed by atoms with E-state index in [4.69, 9.17) is 12.2 Å². The van der Waals surface area contributed by atoms with Gasteiger partial charge >= 0.3 is 0 Å². The van der Waals surface area contributed by atoms with Gasteiger partial charge in [0.25, 0.3) is 0 Å². The van der Waals surface area contributed by atoms with Crippen LogP contribution in [0.4, 0.5) is 0 Å². The van der Waals surface area contributed by atoms with Gasteiger partial charge in [0.15, 0.2) is 16.1 Å². The monoisotopic (exact) mass is 344 g/mol. The van der Waals surface area contributed by atoms with Crippen molar-refractivity contribution in [3.05, 3.63) is 0 Å². The van der Waals surface area contributed by atoms with E-state index in [1.165, 1.54) is 57.8 Å². The maximum atomic E-state index is 5.13. The van der Waals surface area contributed by atoms with E-state index >= 15 is 0 Å². The van der Waals surface area contributed by atoms with E-state index in [0.29, 0.717) is 5.11 Å². The van der Waals surface area contributed by atoms with Crippen LogP contribution in [0.25, 0.3) is 0 Å². The van der Waals surface area contributed by atoms with E-state index in [1.807, 2.05) is 6.92 Å². The Morgan fingerprint density at radius 2 is 1.50 bits per heavy atom. The number of aliphatic imine (C=N–C) groups is 1. The van der Waals surface area contributed by atoms with Gasteiger partial charge < -0.3 is 16.0 Å². The number of guanidine groups is 1. The number of nitrogens with zero attached hydrogens (tertiary/aromatic N) is 1. The average molecular weight is 345 g/mol. The van der Waals surface area contributed by atoms with Gasteiger partial charge in [0.1, 0.15) is 0 Å². The molecule has 1 atom stereocenters. The summed E-state index contributed by atoms with van der Waals surface area (Å²) in [6.07, 6.45) is 13.4. The van der Waals surface area contributed by atoms with Crippen LogP contribution in [0.5, 0.6) is 0 Å². The fraction of sp³-hybridized carbons (Fsp3) is 0.875. The van der Waals surface area contributed by atoms with Crippen LogP contribution in [0.1, 0.15) is 78.1 Å². The van der Waals surface area contributed by atoms with Gasteiger partial charge in [-0.2, -0.15) is 0 Å². The van der Waals surface area contributed by atoms with E-state index < -0.39 is 4.99 Å². The van der Waals surface area contributed by atoms with E-state index in [1.54, 1.807) is 0 Å². The summed E-state index contributed by atoms with van der Waals surface area (Å²) in [6, 6.07) is 0. The highest BCUT2D eigenvalue weighted by molar-refractivity contribution is 7.82. The average Bonchev–Trinajstić information content (AvgIpc) is 2.42. The first kappa shape index (κ1) is 19.6. The zero-order chi connectivity index (χ0) is 16.3. The molecule has 128 valence electrons. The number of rotatable bonds is 11. The minimum atomic E-state index is -0.529. The Bertz CT molecular complexity index is 356. The van der Waals surface area contributed by atoms with Gasteiger partial charge in [-0.3, -0.25) is 4.99 Å². The summed E-state index contributed by atoms with van der Waals surface area (Å²) in [6.45, 7) is 5.01. The van der Waals surface area contributed by atoms with Gasteiger partial charge in [-0.1, -0.05) is 64.7 Å². The van der Waals surface area contributed by atoms with Crippen LogP contribution in [0.2, 0.25) is 0 Å².